The second-order valence-corrected chi connectivity index (χ2v) is 10.1. The van der Waals surface area contributed by atoms with Gasteiger partial charge < -0.3 is 14.4 Å². The number of fused-ring (bicyclic) bond motifs is 1. The number of ether oxygens (including phenoxy) is 2. The summed E-state index contributed by atoms with van der Waals surface area (Å²) in [6.07, 6.45) is 2.08. The minimum absolute atomic E-state index is 0.199. The van der Waals surface area contributed by atoms with Crippen LogP contribution in [0.3, 0.4) is 0 Å². The first-order chi connectivity index (χ1) is 18.3. The van der Waals surface area contributed by atoms with Gasteiger partial charge >= 0.3 is 11.8 Å². The smallest absolute Gasteiger partial charge is 0.410 e. The van der Waals surface area contributed by atoms with Crippen LogP contribution >= 0.6 is 0 Å². The number of amides is 3. The van der Waals surface area contributed by atoms with Crippen LogP contribution < -0.4 is 11.0 Å². The van der Waals surface area contributed by atoms with E-state index in [1.807, 2.05) is 48.5 Å². The number of aromatic nitrogens is 2. The minimum Gasteiger partial charge on any atom is -0.445 e. The van der Waals surface area contributed by atoms with Crippen LogP contribution in [0, 0.1) is 0 Å². The third-order valence-electron chi connectivity index (χ3n) is 7.77. The van der Waals surface area contributed by atoms with Crippen LogP contribution in [-0.2, 0) is 39.1 Å². The molecule has 3 amide bonds. The SMILES string of the molecule is COC1(Cc2ccc3c(c2)n(C)c(=O)n3C2CCC(=O)NC2=O)CCN(C(=O)OCc2ccccc2)CC1. The number of piperidine rings is 2. The molecule has 2 fully saturated rings. The zero-order chi connectivity index (χ0) is 26.9. The Morgan fingerprint density at radius 2 is 1.76 bits per heavy atom. The van der Waals surface area contributed by atoms with Gasteiger partial charge in [0.25, 0.3) is 0 Å². The van der Waals surface area contributed by atoms with Crippen LogP contribution in [0.1, 0.15) is 42.9 Å². The lowest BCUT2D eigenvalue weighted by Gasteiger charge is -2.40. The van der Waals surface area contributed by atoms with E-state index in [1.54, 1.807) is 19.1 Å². The largest absolute Gasteiger partial charge is 0.445 e. The zero-order valence-electron chi connectivity index (χ0n) is 21.6. The van der Waals surface area contributed by atoms with Gasteiger partial charge in [0.2, 0.25) is 11.8 Å². The van der Waals surface area contributed by atoms with Gasteiger partial charge in [-0.25, -0.2) is 9.59 Å². The van der Waals surface area contributed by atoms with Crippen LogP contribution in [0.2, 0.25) is 0 Å². The Balaban J connectivity index is 1.28. The van der Waals surface area contributed by atoms with Gasteiger partial charge in [0, 0.05) is 40.1 Å². The highest BCUT2D eigenvalue weighted by molar-refractivity contribution is 6.00. The first-order valence-electron chi connectivity index (χ1n) is 12.8. The average Bonchev–Trinajstić information content (AvgIpc) is 3.17. The number of benzene rings is 2. The molecule has 3 heterocycles. The number of hydrogen-bond acceptors (Lipinski definition) is 6. The molecule has 2 aliphatic rings. The molecular weight excluding hydrogens is 488 g/mol. The Kier molecular flexibility index (Phi) is 7.07. The van der Waals surface area contributed by atoms with Crippen molar-refractivity contribution in [3.05, 3.63) is 70.1 Å². The third kappa shape index (κ3) is 4.96. The summed E-state index contributed by atoms with van der Waals surface area (Å²) in [5.41, 5.74) is 2.56. The Morgan fingerprint density at radius 1 is 1.03 bits per heavy atom. The summed E-state index contributed by atoms with van der Waals surface area (Å²) in [6, 6.07) is 14.6. The number of imidazole rings is 1. The number of aryl methyl sites for hydroxylation is 1. The fourth-order valence-electron chi connectivity index (χ4n) is 5.48. The van der Waals surface area contributed by atoms with Gasteiger partial charge in [0.1, 0.15) is 12.6 Å². The Bertz CT molecular complexity index is 1420. The Labute approximate surface area is 220 Å². The van der Waals surface area contributed by atoms with Crippen molar-refractivity contribution in [2.45, 2.75) is 50.4 Å². The van der Waals surface area contributed by atoms with Gasteiger partial charge in [0.05, 0.1) is 16.6 Å². The average molecular weight is 521 g/mol. The highest BCUT2D eigenvalue weighted by atomic mass is 16.6. The molecule has 1 unspecified atom stereocenters. The van der Waals surface area contributed by atoms with Crippen molar-refractivity contribution >= 4 is 28.9 Å². The van der Waals surface area contributed by atoms with Crippen molar-refractivity contribution in [1.82, 2.24) is 19.4 Å². The van der Waals surface area contributed by atoms with Crippen LogP contribution in [0.25, 0.3) is 11.0 Å². The summed E-state index contributed by atoms with van der Waals surface area (Å²) >= 11 is 0. The number of likely N-dealkylation sites (tertiary alicyclic amines) is 1. The molecular formula is C28H32N4O6. The number of carbonyl (C=O) groups is 3. The summed E-state index contributed by atoms with van der Waals surface area (Å²) in [4.78, 5) is 51.4. The number of carbonyl (C=O) groups excluding carboxylic acids is 3. The normalized spacial score (nSPS) is 19.4. The molecule has 1 atom stereocenters. The number of rotatable bonds is 6. The second kappa shape index (κ2) is 10.4. The predicted octanol–water partition coefficient (Wildman–Crippen LogP) is 2.68. The summed E-state index contributed by atoms with van der Waals surface area (Å²) in [5, 5.41) is 2.33. The molecule has 200 valence electrons. The first-order valence-corrected chi connectivity index (χ1v) is 12.8. The maximum Gasteiger partial charge on any atom is 0.410 e. The maximum atomic E-state index is 13.1. The minimum atomic E-state index is -0.717. The maximum absolute atomic E-state index is 13.1. The van der Waals surface area contributed by atoms with Crippen LogP contribution in [-0.4, -0.2) is 57.7 Å². The molecule has 38 heavy (non-hydrogen) atoms. The lowest BCUT2D eigenvalue weighted by molar-refractivity contribution is -0.135. The number of nitrogens with zero attached hydrogens (tertiary/aromatic N) is 3. The molecule has 2 aromatic carbocycles. The lowest BCUT2D eigenvalue weighted by atomic mass is 9.85. The van der Waals surface area contributed by atoms with Crippen molar-refractivity contribution < 1.29 is 23.9 Å². The highest BCUT2D eigenvalue weighted by Gasteiger charge is 2.37. The van der Waals surface area contributed by atoms with Crippen LogP contribution in [0.4, 0.5) is 4.79 Å². The topological polar surface area (TPSA) is 112 Å². The number of methoxy groups -OCH3 is 1. The molecule has 2 saturated heterocycles. The molecule has 10 nitrogen and oxygen atoms in total. The third-order valence-corrected chi connectivity index (χ3v) is 7.77. The number of hydrogen-bond donors (Lipinski definition) is 1. The van der Waals surface area contributed by atoms with Crippen LogP contribution in [0.15, 0.2) is 53.3 Å². The highest BCUT2D eigenvalue weighted by Crippen LogP contribution is 2.32. The van der Waals surface area contributed by atoms with Crippen molar-refractivity contribution in [1.29, 1.82) is 0 Å². The van der Waals surface area contributed by atoms with Crippen molar-refractivity contribution in [2.75, 3.05) is 20.2 Å². The molecule has 0 radical (unpaired) electrons. The molecule has 0 spiro atoms. The molecule has 10 heteroatoms. The van der Waals surface area contributed by atoms with Crippen molar-refractivity contribution in [3.63, 3.8) is 0 Å². The molecule has 3 aromatic rings. The number of imide groups is 1. The fraction of sp³-hybridized carbons (Fsp3) is 0.429. The van der Waals surface area contributed by atoms with E-state index in [2.05, 4.69) is 5.32 Å². The van der Waals surface area contributed by atoms with Gasteiger partial charge in [-0.05, 0) is 42.5 Å². The van der Waals surface area contributed by atoms with Gasteiger partial charge in [0.15, 0.2) is 0 Å². The zero-order valence-corrected chi connectivity index (χ0v) is 21.6. The van der Waals surface area contributed by atoms with E-state index in [0.29, 0.717) is 49.8 Å². The molecule has 2 aliphatic heterocycles. The first kappa shape index (κ1) is 25.7. The van der Waals surface area contributed by atoms with E-state index in [9.17, 15) is 19.2 Å². The lowest BCUT2D eigenvalue weighted by Crippen LogP contribution is -2.49. The van der Waals surface area contributed by atoms with Gasteiger partial charge in [-0.15, -0.1) is 0 Å². The monoisotopic (exact) mass is 520 g/mol. The van der Waals surface area contributed by atoms with Crippen molar-refractivity contribution in [3.8, 4) is 0 Å². The Morgan fingerprint density at radius 3 is 2.45 bits per heavy atom. The fourth-order valence-corrected chi connectivity index (χ4v) is 5.48. The number of nitrogens with one attached hydrogen (secondary N) is 1. The van der Waals surface area contributed by atoms with E-state index in [-0.39, 0.29) is 30.7 Å². The van der Waals surface area contributed by atoms with E-state index in [4.69, 9.17) is 9.47 Å². The summed E-state index contributed by atoms with van der Waals surface area (Å²) in [6.45, 7) is 1.28. The molecule has 0 saturated carbocycles. The Hall–Kier alpha value is -3.92. The van der Waals surface area contributed by atoms with Gasteiger partial charge in [-0.2, -0.15) is 0 Å². The second-order valence-electron chi connectivity index (χ2n) is 10.1. The predicted molar refractivity (Wildman–Crippen MR) is 139 cm³/mol. The van der Waals surface area contributed by atoms with E-state index in [1.165, 1.54) is 9.13 Å². The summed E-state index contributed by atoms with van der Waals surface area (Å²) in [5.74, 6) is -0.769. The van der Waals surface area contributed by atoms with Crippen molar-refractivity contribution in [2.24, 2.45) is 7.05 Å². The summed E-state index contributed by atoms with van der Waals surface area (Å²) in [7, 11) is 3.37. The quantitative estimate of drug-likeness (QED) is 0.500. The van der Waals surface area contributed by atoms with Gasteiger partial charge in [-0.3, -0.25) is 24.0 Å². The van der Waals surface area contributed by atoms with E-state index < -0.39 is 17.6 Å². The standard InChI is InChI=1S/C28H32N4O6/c1-30-23-16-20(8-9-21(23)32(26(30)35)22-10-11-24(33)29-25(22)34)17-28(37-2)12-14-31(15-13-28)27(36)38-18-19-6-4-3-5-7-19/h3-9,16,22H,10-15,17-18H2,1-2H3,(H,29,33,34). The van der Waals surface area contributed by atoms with E-state index >= 15 is 0 Å². The molecule has 1 N–H and O–H groups in total. The molecule has 1 aromatic heterocycles. The summed E-state index contributed by atoms with van der Waals surface area (Å²) < 4.78 is 14.5. The van der Waals surface area contributed by atoms with Gasteiger partial charge in [-0.1, -0.05) is 36.4 Å². The molecule has 5 rings (SSSR count). The molecule has 0 aliphatic carbocycles. The van der Waals surface area contributed by atoms with E-state index in [0.717, 1.165) is 11.1 Å². The van der Waals surface area contributed by atoms with Crippen LogP contribution in [0.5, 0.6) is 0 Å². The molecule has 0 bridgehead atoms.